The Bertz CT molecular complexity index is 818. The molecular weight excluding hydrogens is 396 g/mol. The number of thioether (sulfide) groups is 1. The third-order valence-electron chi connectivity index (χ3n) is 4.44. The normalized spacial score (nSPS) is 14.0. The van der Waals surface area contributed by atoms with Crippen LogP contribution >= 0.6 is 11.8 Å². The molecule has 29 heavy (non-hydrogen) atoms. The molecule has 1 aromatic heterocycles. The molecule has 1 aromatic carbocycles. The highest BCUT2D eigenvalue weighted by molar-refractivity contribution is 7.99. The molecule has 0 aliphatic carbocycles. The van der Waals surface area contributed by atoms with E-state index in [1.165, 1.54) is 11.8 Å². The standard InChI is InChI=1S/C19H24N4O5S/c1-3-27-19(25)23-10-8-22(9-11-23)17(24)13-29-18-21-20-16(28-18)12-14-4-6-15(26-2)7-5-14/h4-7H,3,8-13H2,1-2H3. The van der Waals surface area contributed by atoms with Crippen molar-refractivity contribution in [1.82, 2.24) is 20.0 Å². The molecule has 2 aromatic rings. The highest BCUT2D eigenvalue weighted by Crippen LogP contribution is 2.20. The first-order valence-electron chi connectivity index (χ1n) is 9.36. The number of nitrogens with zero attached hydrogens (tertiary/aromatic N) is 4. The molecule has 1 fully saturated rings. The summed E-state index contributed by atoms with van der Waals surface area (Å²) in [6, 6.07) is 7.63. The minimum Gasteiger partial charge on any atom is -0.497 e. The molecule has 156 valence electrons. The second-order valence-corrected chi connectivity index (χ2v) is 7.27. The first-order valence-corrected chi connectivity index (χ1v) is 10.3. The lowest BCUT2D eigenvalue weighted by Gasteiger charge is -2.33. The van der Waals surface area contributed by atoms with Gasteiger partial charge in [-0.1, -0.05) is 23.9 Å². The van der Waals surface area contributed by atoms with Crippen molar-refractivity contribution in [3.63, 3.8) is 0 Å². The van der Waals surface area contributed by atoms with Crippen molar-refractivity contribution in [1.29, 1.82) is 0 Å². The van der Waals surface area contributed by atoms with Gasteiger partial charge in [0.25, 0.3) is 5.22 Å². The Hall–Kier alpha value is -2.75. The number of benzene rings is 1. The molecule has 2 heterocycles. The van der Waals surface area contributed by atoms with Crippen molar-refractivity contribution >= 4 is 23.8 Å². The fourth-order valence-electron chi connectivity index (χ4n) is 2.85. The van der Waals surface area contributed by atoms with E-state index in [2.05, 4.69) is 10.2 Å². The minimum atomic E-state index is -0.329. The number of aromatic nitrogens is 2. The zero-order chi connectivity index (χ0) is 20.6. The summed E-state index contributed by atoms with van der Waals surface area (Å²) in [6.45, 7) is 4.05. The van der Waals surface area contributed by atoms with Crippen molar-refractivity contribution in [3.8, 4) is 5.75 Å². The number of hydrogen-bond acceptors (Lipinski definition) is 8. The average molecular weight is 420 g/mol. The van der Waals surface area contributed by atoms with Gasteiger partial charge >= 0.3 is 6.09 Å². The predicted octanol–water partition coefficient (Wildman–Crippen LogP) is 2.06. The first kappa shape index (κ1) is 21.0. The first-order chi connectivity index (χ1) is 14.1. The summed E-state index contributed by atoms with van der Waals surface area (Å²) in [4.78, 5) is 27.5. The molecule has 1 saturated heterocycles. The van der Waals surface area contributed by atoms with E-state index in [1.807, 2.05) is 24.3 Å². The molecule has 0 bridgehead atoms. The number of hydrogen-bond donors (Lipinski definition) is 0. The van der Waals surface area contributed by atoms with E-state index in [-0.39, 0.29) is 17.8 Å². The summed E-state index contributed by atoms with van der Waals surface area (Å²) in [5.74, 6) is 1.47. The largest absolute Gasteiger partial charge is 0.497 e. The van der Waals surface area contributed by atoms with E-state index in [0.29, 0.717) is 50.3 Å². The molecule has 0 N–H and O–H groups in total. The zero-order valence-electron chi connectivity index (χ0n) is 16.5. The Kier molecular flexibility index (Phi) is 7.34. The van der Waals surface area contributed by atoms with Gasteiger partial charge in [-0.05, 0) is 24.6 Å². The number of carbonyl (C=O) groups excluding carboxylic acids is 2. The van der Waals surface area contributed by atoms with Gasteiger partial charge in [-0.2, -0.15) is 0 Å². The van der Waals surface area contributed by atoms with E-state index in [1.54, 1.807) is 23.8 Å². The molecule has 0 atom stereocenters. The second-order valence-electron chi connectivity index (χ2n) is 6.34. The van der Waals surface area contributed by atoms with Crippen LogP contribution in [0, 0.1) is 0 Å². The SMILES string of the molecule is CCOC(=O)N1CCN(C(=O)CSc2nnc(Cc3ccc(OC)cc3)o2)CC1. The zero-order valence-corrected chi connectivity index (χ0v) is 17.3. The monoisotopic (exact) mass is 420 g/mol. The van der Waals surface area contributed by atoms with E-state index in [4.69, 9.17) is 13.9 Å². The van der Waals surface area contributed by atoms with Crippen LogP contribution in [-0.4, -0.2) is 77.6 Å². The topological polar surface area (TPSA) is 98.0 Å². The van der Waals surface area contributed by atoms with Crippen LogP contribution in [0.4, 0.5) is 4.79 Å². The average Bonchev–Trinajstić information content (AvgIpc) is 3.20. The van der Waals surface area contributed by atoms with Gasteiger partial charge in [0.1, 0.15) is 5.75 Å². The molecular formula is C19H24N4O5S. The van der Waals surface area contributed by atoms with Gasteiger partial charge in [0.05, 0.1) is 25.9 Å². The smallest absolute Gasteiger partial charge is 0.409 e. The van der Waals surface area contributed by atoms with Gasteiger partial charge in [0.15, 0.2) is 0 Å². The van der Waals surface area contributed by atoms with Gasteiger partial charge < -0.3 is 23.7 Å². The quantitative estimate of drug-likeness (QED) is 0.628. The summed E-state index contributed by atoms with van der Waals surface area (Å²) in [5, 5.41) is 8.41. The van der Waals surface area contributed by atoms with Crippen LogP contribution < -0.4 is 4.74 Å². The van der Waals surface area contributed by atoms with Crippen molar-refractivity contribution in [2.75, 3.05) is 45.6 Å². The maximum absolute atomic E-state index is 12.4. The number of ether oxygens (including phenoxy) is 2. The molecule has 9 nitrogen and oxygen atoms in total. The Balaban J connectivity index is 1.43. The van der Waals surface area contributed by atoms with Gasteiger partial charge in [0.2, 0.25) is 11.8 Å². The van der Waals surface area contributed by atoms with Gasteiger partial charge in [-0.3, -0.25) is 4.79 Å². The second kappa shape index (κ2) is 10.1. The van der Waals surface area contributed by atoms with Gasteiger partial charge in [0, 0.05) is 26.2 Å². The summed E-state index contributed by atoms with van der Waals surface area (Å²) in [6.07, 6.45) is 0.186. The number of amides is 2. The van der Waals surface area contributed by atoms with Crippen molar-refractivity contribution < 1.29 is 23.5 Å². The fraction of sp³-hybridized carbons (Fsp3) is 0.474. The van der Waals surface area contributed by atoms with E-state index >= 15 is 0 Å². The fourth-order valence-corrected chi connectivity index (χ4v) is 3.54. The molecule has 1 aliphatic rings. The van der Waals surface area contributed by atoms with Crippen LogP contribution in [0.2, 0.25) is 0 Å². The summed E-state index contributed by atoms with van der Waals surface area (Å²) < 4.78 is 15.8. The van der Waals surface area contributed by atoms with E-state index < -0.39 is 0 Å². The van der Waals surface area contributed by atoms with Crippen LogP contribution in [0.3, 0.4) is 0 Å². The van der Waals surface area contributed by atoms with Crippen molar-refractivity contribution in [3.05, 3.63) is 35.7 Å². The van der Waals surface area contributed by atoms with Crippen LogP contribution in [0.1, 0.15) is 18.4 Å². The lowest BCUT2D eigenvalue weighted by atomic mass is 10.1. The molecule has 1 aliphatic heterocycles. The number of carbonyl (C=O) groups is 2. The lowest BCUT2D eigenvalue weighted by molar-refractivity contribution is -0.129. The molecule has 10 heteroatoms. The summed E-state index contributed by atoms with van der Waals surface area (Å²) in [7, 11) is 1.62. The Labute approximate surface area is 173 Å². The molecule has 0 radical (unpaired) electrons. The minimum absolute atomic E-state index is 0.0200. The summed E-state index contributed by atoms with van der Waals surface area (Å²) >= 11 is 1.22. The maximum atomic E-state index is 12.4. The predicted molar refractivity (Wildman–Crippen MR) is 106 cm³/mol. The summed E-state index contributed by atoms with van der Waals surface area (Å²) in [5.41, 5.74) is 1.03. The van der Waals surface area contributed by atoms with Crippen LogP contribution in [0.5, 0.6) is 5.75 Å². The maximum Gasteiger partial charge on any atom is 0.409 e. The molecule has 0 unspecified atom stereocenters. The lowest BCUT2D eigenvalue weighted by Crippen LogP contribution is -2.51. The molecule has 0 saturated carbocycles. The van der Waals surface area contributed by atoms with Crippen LogP contribution in [-0.2, 0) is 16.0 Å². The van der Waals surface area contributed by atoms with Crippen molar-refractivity contribution in [2.24, 2.45) is 0 Å². The molecule has 2 amide bonds. The Morgan fingerprint density at radius 3 is 2.45 bits per heavy atom. The third-order valence-corrected chi connectivity index (χ3v) is 5.24. The van der Waals surface area contributed by atoms with Crippen LogP contribution in [0.25, 0.3) is 0 Å². The molecule has 3 rings (SSSR count). The highest BCUT2D eigenvalue weighted by atomic mass is 32.2. The van der Waals surface area contributed by atoms with Crippen LogP contribution in [0.15, 0.2) is 33.9 Å². The van der Waals surface area contributed by atoms with E-state index in [9.17, 15) is 9.59 Å². The number of rotatable bonds is 7. The third kappa shape index (κ3) is 5.86. The van der Waals surface area contributed by atoms with E-state index in [0.717, 1.165) is 11.3 Å². The highest BCUT2D eigenvalue weighted by Gasteiger charge is 2.25. The number of piperazine rings is 1. The van der Waals surface area contributed by atoms with Crippen molar-refractivity contribution in [2.45, 2.75) is 18.6 Å². The van der Waals surface area contributed by atoms with Gasteiger partial charge in [-0.25, -0.2) is 4.79 Å². The van der Waals surface area contributed by atoms with Gasteiger partial charge in [-0.15, -0.1) is 10.2 Å². The molecule has 0 spiro atoms. The number of methoxy groups -OCH3 is 1. The Morgan fingerprint density at radius 2 is 1.79 bits per heavy atom. The Morgan fingerprint density at radius 1 is 1.10 bits per heavy atom.